The van der Waals surface area contributed by atoms with E-state index >= 15 is 0 Å². The number of furan rings is 1. The zero-order valence-electron chi connectivity index (χ0n) is 22.7. The lowest BCUT2D eigenvalue weighted by atomic mass is 9.99. The van der Waals surface area contributed by atoms with Gasteiger partial charge in [-0.1, -0.05) is 42.5 Å². The Morgan fingerprint density at radius 1 is 0.947 bits per heavy atom. The number of fused-ring (bicyclic) bond motifs is 1. The highest BCUT2D eigenvalue weighted by Crippen LogP contribution is 2.43. The van der Waals surface area contributed by atoms with Crippen molar-refractivity contribution in [2.45, 2.75) is 58.8 Å². The molecule has 4 rings (SSSR count). The summed E-state index contributed by atoms with van der Waals surface area (Å²) in [4.78, 5) is 20.9. The average Bonchev–Trinajstić information content (AvgIpc) is 3.29. The van der Waals surface area contributed by atoms with Crippen LogP contribution in [0.5, 0.6) is 11.6 Å². The predicted molar refractivity (Wildman–Crippen MR) is 145 cm³/mol. The molecule has 0 saturated carbocycles. The SMILES string of the molecule is COc1ccc(-c2c(-c3ccccc3)oc3ncnc(OC(C)C(C)OCCC(=O)OC(C)(C)C)c23)cc1. The van der Waals surface area contributed by atoms with Crippen molar-refractivity contribution >= 4 is 17.1 Å². The Morgan fingerprint density at radius 3 is 2.32 bits per heavy atom. The highest BCUT2D eigenvalue weighted by atomic mass is 16.6. The number of ether oxygens (including phenoxy) is 4. The van der Waals surface area contributed by atoms with E-state index < -0.39 is 5.60 Å². The number of carbonyl (C=O) groups is 1. The van der Waals surface area contributed by atoms with Crippen molar-refractivity contribution in [2.24, 2.45) is 0 Å². The standard InChI is InChI=1S/C30H34N2O6/c1-19(35-17-16-24(33)38-30(3,4)5)20(2)36-28-26-25(21-12-14-23(34-6)15-13-21)27(22-10-8-7-9-11-22)37-29(26)32-18-31-28/h7-15,18-20H,16-17H2,1-6H3. The van der Waals surface area contributed by atoms with Crippen LogP contribution in [0.2, 0.25) is 0 Å². The van der Waals surface area contributed by atoms with E-state index in [1.54, 1.807) is 7.11 Å². The molecule has 200 valence electrons. The summed E-state index contributed by atoms with van der Waals surface area (Å²) in [5.41, 5.74) is 2.55. The van der Waals surface area contributed by atoms with E-state index in [-0.39, 0.29) is 31.2 Å². The van der Waals surface area contributed by atoms with Crippen LogP contribution in [0, 0.1) is 0 Å². The molecule has 0 amide bonds. The molecule has 4 aromatic rings. The normalized spacial score (nSPS) is 13.2. The van der Waals surface area contributed by atoms with Gasteiger partial charge in [-0.25, -0.2) is 9.97 Å². The van der Waals surface area contributed by atoms with Gasteiger partial charge >= 0.3 is 5.97 Å². The minimum atomic E-state index is -0.526. The summed E-state index contributed by atoms with van der Waals surface area (Å²) in [5.74, 6) is 1.51. The van der Waals surface area contributed by atoms with Gasteiger partial charge in [0, 0.05) is 11.1 Å². The van der Waals surface area contributed by atoms with E-state index in [1.807, 2.05) is 89.2 Å². The molecule has 2 aromatic carbocycles. The fourth-order valence-corrected chi connectivity index (χ4v) is 3.95. The van der Waals surface area contributed by atoms with Crippen molar-refractivity contribution in [1.29, 1.82) is 0 Å². The summed E-state index contributed by atoms with van der Waals surface area (Å²) >= 11 is 0. The van der Waals surface area contributed by atoms with Crippen LogP contribution in [0.25, 0.3) is 33.6 Å². The van der Waals surface area contributed by atoms with Gasteiger partial charge in [-0.3, -0.25) is 4.79 Å². The molecule has 0 radical (unpaired) electrons. The molecule has 2 heterocycles. The van der Waals surface area contributed by atoms with Crippen LogP contribution in [0.4, 0.5) is 0 Å². The Kier molecular flexibility index (Phi) is 8.32. The molecule has 38 heavy (non-hydrogen) atoms. The van der Waals surface area contributed by atoms with Gasteiger partial charge in [-0.05, 0) is 52.3 Å². The molecule has 2 unspecified atom stereocenters. The Labute approximate surface area is 222 Å². The second kappa shape index (κ2) is 11.6. The van der Waals surface area contributed by atoms with Gasteiger partial charge in [0.1, 0.15) is 34.9 Å². The van der Waals surface area contributed by atoms with Gasteiger partial charge in [0.25, 0.3) is 0 Å². The number of nitrogens with zero attached hydrogens (tertiary/aromatic N) is 2. The van der Waals surface area contributed by atoms with Crippen LogP contribution < -0.4 is 9.47 Å². The number of benzene rings is 2. The highest BCUT2D eigenvalue weighted by molar-refractivity contribution is 6.03. The predicted octanol–water partition coefficient (Wildman–Crippen LogP) is 6.47. The molecule has 0 aliphatic heterocycles. The van der Waals surface area contributed by atoms with Gasteiger partial charge in [0.05, 0.1) is 26.2 Å². The Balaban J connectivity index is 1.62. The number of rotatable bonds is 10. The molecule has 0 N–H and O–H groups in total. The van der Waals surface area contributed by atoms with Crippen LogP contribution in [0.15, 0.2) is 65.3 Å². The van der Waals surface area contributed by atoms with E-state index in [9.17, 15) is 4.79 Å². The summed E-state index contributed by atoms with van der Waals surface area (Å²) in [6.45, 7) is 9.54. The first-order valence-corrected chi connectivity index (χ1v) is 12.6. The van der Waals surface area contributed by atoms with Gasteiger partial charge in [0.2, 0.25) is 11.6 Å². The number of methoxy groups -OCH3 is 1. The van der Waals surface area contributed by atoms with Crippen molar-refractivity contribution in [2.75, 3.05) is 13.7 Å². The lowest BCUT2D eigenvalue weighted by Gasteiger charge is -2.22. The van der Waals surface area contributed by atoms with E-state index in [4.69, 9.17) is 23.4 Å². The van der Waals surface area contributed by atoms with Crippen LogP contribution in [0.3, 0.4) is 0 Å². The van der Waals surface area contributed by atoms with E-state index in [0.717, 1.165) is 22.4 Å². The Hall–Kier alpha value is -3.91. The number of carbonyl (C=O) groups excluding carboxylic acids is 1. The molecule has 0 fully saturated rings. The third-order valence-electron chi connectivity index (χ3n) is 5.93. The van der Waals surface area contributed by atoms with Crippen LogP contribution in [0.1, 0.15) is 41.0 Å². The second-order valence-electron chi connectivity index (χ2n) is 10.00. The van der Waals surface area contributed by atoms with E-state index in [0.29, 0.717) is 22.7 Å². The smallest absolute Gasteiger partial charge is 0.308 e. The molecule has 2 aromatic heterocycles. The fourth-order valence-electron chi connectivity index (χ4n) is 3.95. The van der Waals surface area contributed by atoms with Gasteiger partial charge in [-0.15, -0.1) is 0 Å². The van der Waals surface area contributed by atoms with E-state index in [1.165, 1.54) is 6.33 Å². The molecule has 2 atom stereocenters. The molecule has 0 spiro atoms. The van der Waals surface area contributed by atoms with Crippen molar-refractivity contribution in [3.8, 4) is 34.1 Å². The topological polar surface area (TPSA) is 92.9 Å². The first-order valence-electron chi connectivity index (χ1n) is 12.6. The van der Waals surface area contributed by atoms with Crippen molar-refractivity contribution < 1.29 is 28.2 Å². The van der Waals surface area contributed by atoms with Crippen LogP contribution in [-0.4, -0.2) is 47.5 Å². The Morgan fingerprint density at radius 2 is 1.66 bits per heavy atom. The summed E-state index contributed by atoms with van der Waals surface area (Å²) in [6, 6.07) is 17.6. The molecular formula is C30H34N2O6. The van der Waals surface area contributed by atoms with Gasteiger partial charge in [-0.2, -0.15) is 0 Å². The molecule has 0 aliphatic carbocycles. The first kappa shape index (κ1) is 27.1. The fraction of sp³-hybridized carbons (Fsp3) is 0.367. The largest absolute Gasteiger partial charge is 0.497 e. The van der Waals surface area contributed by atoms with Gasteiger partial charge < -0.3 is 23.4 Å². The maximum absolute atomic E-state index is 12.0. The number of esters is 1. The zero-order valence-corrected chi connectivity index (χ0v) is 22.7. The minimum Gasteiger partial charge on any atom is -0.497 e. The number of aromatic nitrogens is 2. The maximum Gasteiger partial charge on any atom is 0.308 e. The van der Waals surface area contributed by atoms with E-state index in [2.05, 4.69) is 9.97 Å². The highest BCUT2D eigenvalue weighted by Gasteiger charge is 2.25. The first-order chi connectivity index (χ1) is 18.2. The lowest BCUT2D eigenvalue weighted by Crippen LogP contribution is -2.30. The quantitative estimate of drug-likeness (QED) is 0.221. The minimum absolute atomic E-state index is 0.163. The monoisotopic (exact) mass is 518 g/mol. The molecular weight excluding hydrogens is 484 g/mol. The zero-order chi connectivity index (χ0) is 27.3. The van der Waals surface area contributed by atoms with Crippen LogP contribution >= 0.6 is 0 Å². The summed E-state index contributed by atoms with van der Waals surface area (Å²) in [6.07, 6.45) is 0.905. The van der Waals surface area contributed by atoms with Gasteiger partial charge in [0.15, 0.2) is 0 Å². The van der Waals surface area contributed by atoms with Crippen molar-refractivity contribution in [1.82, 2.24) is 9.97 Å². The summed E-state index contributed by atoms with van der Waals surface area (Å²) < 4.78 is 29.1. The average molecular weight is 519 g/mol. The number of hydrogen-bond donors (Lipinski definition) is 0. The maximum atomic E-state index is 12.0. The van der Waals surface area contributed by atoms with Crippen LogP contribution in [-0.2, 0) is 14.3 Å². The second-order valence-corrected chi connectivity index (χ2v) is 10.00. The number of hydrogen-bond acceptors (Lipinski definition) is 8. The third kappa shape index (κ3) is 6.50. The molecule has 8 heteroatoms. The molecule has 8 nitrogen and oxygen atoms in total. The summed E-state index contributed by atoms with van der Waals surface area (Å²) in [5, 5.41) is 0.671. The molecule has 0 saturated heterocycles. The summed E-state index contributed by atoms with van der Waals surface area (Å²) in [7, 11) is 1.63. The lowest BCUT2D eigenvalue weighted by molar-refractivity contribution is -0.156. The molecule has 0 bridgehead atoms. The molecule has 0 aliphatic rings. The third-order valence-corrected chi connectivity index (χ3v) is 5.93. The van der Waals surface area contributed by atoms with Crippen molar-refractivity contribution in [3.63, 3.8) is 0 Å². The Bertz CT molecular complexity index is 1360. The van der Waals surface area contributed by atoms with Crippen molar-refractivity contribution in [3.05, 3.63) is 60.9 Å².